The molecule has 0 heterocycles. The molecule has 0 radical (unpaired) electrons. The van der Waals surface area contributed by atoms with Gasteiger partial charge in [-0.25, -0.2) is 9.59 Å². The van der Waals surface area contributed by atoms with Crippen molar-refractivity contribution in [2.75, 3.05) is 13.7 Å². The van der Waals surface area contributed by atoms with Crippen LogP contribution in [0.2, 0.25) is 0 Å². The number of hydrogen-bond acceptors (Lipinski definition) is 4. The lowest BCUT2D eigenvalue weighted by Crippen LogP contribution is -2.06. The summed E-state index contributed by atoms with van der Waals surface area (Å²) in [6.07, 6.45) is 2.79. The Labute approximate surface area is 99.8 Å². The van der Waals surface area contributed by atoms with Crippen LogP contribution in [0.4, 0.5) is 0 Å². The van der Waals surface area contributed by atoms with E-state index in [1.165, 1.54) is 19.3 Å². The molecule has 1 rings (SSSR count). The zero-order valence-electron chi connectivity index (χ0n) is 9.80. The van der Waals surface area contributed by atoms with E-state index in [9.17, 15) is 9.59 Å². The Morgan fingerprint density at radius 1 is 1.29 bits per heavy atom. The van der Waals surface area contributed by atoms with Crippen molar-refractivity contribution in [2.45, 2.75) is 6.92 Å². The Morgan fingerprint density at radius 3 is 2.65 bits per heavy atom. The molecule has 0 atom stereocenters. The van der Waals surface area contributed by atoms with Crippen LogP contribution in [0, 0.1) is 0 Å². The average Bonchev–Trinajstić information content (AvgIpc) is 2.36. The summed E-state index contributed by atoms with van der Waals surface area (Å²) in [5.74, 6) is -0.874. The van der Waals surface area contributed by atoms with Gasteiger partial charge in [0.2, 0.25) is 0 Å². The zero-order valence-corrected chi connectivity index (χ0v) is 9.80. The first-order valence-corrected chi connectivity index (χ1v) is 5.21. The maximum Gasteiger partial charge on any atom is 0.338 e. The smallest absolute Gasteiger partial charge is 0.338 e. The van der Waals surface area contributed by atoms with Gasteiger partial charge in [0.05, 0.1) is 19.3 Å². The third-order valence-electron chi connectivity index (χ3n) is 2.06. The molecule has 0 bridgehead atoms. The Bertz CT molecular complexity index is 435. The van der Waals surface area contributed by atoms with Crippen molar-refractivity contribution in [1.82, 2.24) is 0 Å². The minimum absolute atomic E-state index is 0.313. The normalized spacial score (nSPS) is 10.2. The van der Waals surface area contributed by atoms with Gasteiger partial charge in [-0.15, -0.1) is 0 Å². The predicted molar refractivity (Wildman–Crippen MR) is 63.4 cm³/mol. The second kappa shape index (κ2) is 6.48. The summed E-state index contributed by atoms with van der Waals surface area (Å²) in [4.78, 5) is 22.6. The largest absolute Gasteiger partial charge is 0.466 e. The lowest BCUT2D eigenvalue weighted by atomic mass is 10.1. The fourth-order valence-corrected chi connectivity index (χ4v) is 1.26. The molecule has 0 aliphatic carbocycles. The molecule has 0 saturated heterocycles. The molecular formula is C13H14O4. The summed E-state index contributed by atoms with van der Waals surface area (Å²) in [5.41, 5.74) is 1.05. The summed E-state index contributed by atoms with van der Waals surface area (Å²) in [5, 5.41) is 0. The number of carbonyl (C=O) groups excluding carboxylic acids is 2. The lowest BCUT2D eigenvalue weighted by molar-refractivity contribution is -0.134. The van der Waals surface area contributed by atoms with Crippen LogP contribution in [-0.4, -0.2) is 25.7 Å². The van der Waals surface area contributed by atoms with E-state index in [1.54, 1.807) is 31.2 Å². The molecule has 0 aliphatic heterocycles. The van der Waals surface area contributed by atoms with E-state index >= 15 is 0 Å². The Balaban J connectivity index is 2.96. The van der Waals surface area contributed by atoms with Crippen molar-refractivity contribution in [3.63, 3.8) is 0 Å². The van der Waals surface area contributed by atoms with Crippen molar-refractivity contribution >= 4 is 18.0 Å². The van der Waals surface area contributed by atoms with Gasteiger partial charge in [0.1, 0.15) is 0 Å². The van der Waals surface area contributed by atoms with Gasteiger partial charge in [0, 0.05) is 6.08 Å². The summed E-state index contributed by atoms with van der Waals surface area (Å²) in [6.45, 7) is 2.05. The van der Waals surface area contributed by atoms with Crippen molar-refractivity contribution in [1.29, 1.82) is 0 Å². The van der Waals surface area contributed by atoms with Crippen LogP contribution in [0.5, 0.6) is 0 Å². The summed E-state index contributed by atoms with van der Waals surface area (Å²) in [7, 11) is 1.30. The number of carbonyl (C=O) groups is 2. The third-order valence-corrected chi connectivity index (χ3v) is 2.06. The van der Waals surface area contributed by atoms with Gasteiger partial charge in [-0.3, -0.25) is 0 Å². The van der Waals surface area contributed by atoms with Crippen molar-refractivity contribution < 1.29 is 19.1 Å². The number of benzene rings is 1. The van der Waals surface area contributed by atoms with Crippen LogP contribution in [0.1, 0.15) is 22.8 Å². The highest BCUT2D eigenvalue weighted by molar-refractivity contribution is 5.95. The van der Waals surface area contributed by atoms with Gasteiger partial charge in [-0.1, -0.05) is 18.2 Å². The molecule has 17 heavy (non-hydrogen) atoms. The maximum atomic E-state index is 11.6. The molecule has 0 N–H and O–H groups in total. The number of esters is 2. The van der Waals surface area contributed by atoms with E-state index in [-0.39, 0.29) is 0 Å². The number of methoxy groups -OCH3 is 1. The van der Waals surface area contributed by atoms with E-state index in [4.69, 9.17) is 4.74 Å². The Hall–Kier alpha value is -2.10. The minimum Gasteiger partial charge on any atom is -0.466 e. The zero-order chi connectivity index (χ0) is 12.7. The van der Waals surface area contributed by atoms with Crippen LogP contribution in [-0.2, 0) is 14.3 Å². The van der Waals surface area contributed by atoms with Crippen LogP contribution in [0.15, 0.2) is 30.3 Å². The molecular weight excluding hydrogens is 220 g/mol. The summed E-state index contributed by atoms with van der Waals surface area (Å²) in [6, 6.07) is 6.89. The standard InChI is InChI=1S/C13H14O4/c1-3-17-13(15)11-7-5-4-6-10(11)8-9-12(14)16-2/h4-9H,3H2,1-2H3/b9-8+. The second-order valence-electron chi connectivity index (χ2n) is 3.16. The van der Waals surface area contributed by atoms with E-state index in [2.05, 4.69) is 4.74 Å². The fourth-order valence-electron chi connectivity index (χ4n) is 1.26. The van der Waals surface area contributed by atoms with Gasteiger partial charge in [0.15, 0.2) is 0 Å². The summed E-state index contributed by atoms with van der Waals surface area (Å²) < 4.78 is 9.39. The highest BCUT2D eigenvalue weighted by Gasteiger charge is 2.09. The highest BCUT2D eigenvalue weighted by atomic mass is 16.5. The first kappa shape index (κ1) is 13.0. The Kier molecular flexibility index (Phi) is 4.94. The van der Waals surface area contributed by atoms with E-state index in [1.807, 2.05) is 0 Å². The van der Waals surface area contributed by atoms with Crippen LogP contribution < -0.4 is 0 Å². The minimum atomic E-state index is -0.469. The second-order valence-corrected chi connectivity index (χ2v) is 3.16. The van der Waals surface area contributed by atoms with E-state index in [0.29, 0.717) is 17.7 Å². The molecule has 0 fully saturated rings. The summed E-state index contributed by atoms with van der Waals surface area (Å²) >= 11 is 0. The molecule has 0 saturated carbocycles. The molecule has 0 amide bonds. The van der Waals surface area contributed by atoms with Crippen molar-refractivity contribution in [3.05, 3.63) is 41.5 Å². The molecule has 0 spiro atoms. The highest BCUT2D eigenvalue weighted by Crippen LogP contribution is 2.12. The molecule has 0 aromatic heterocycles. The Morgan fingerprint density at radius 2 is 2.00 bits per heavy atom. The van der Waals surface area contributed by atoms with Crippen LogP contribution in [0.25, 0.3) is 6.08 Å². The average molecular weight is 234 g/mol. The van der Waals surface area contributed by atoms with Gasteiger partial charge in [0.25, 0.3) is 0 Å². The fraction of sp³-hybridized carbons (Fsp3) is 0.231. The molecule has 4 nitrogen and oxygen atoms in total. The lowest BCUT2D eigenvalue weighted by Gasteiger charge is -2.04. The van der Waals surface area contributed by atoms with Crippen LogP contribution >= 0.6 is 0 Å². The van der Waals surface area contributed by atoms with Gasteiger partial charge in [-0.05, 0) is 24.6 Å². The number of hydrogen-bond donors (Lipinski definition) is 0. The SMILES string of the molecule is CCOC(=O)c1ccccc1/C=C/C(=O)OC. The molecule has 4 heteroatoms. The topological polar surface area (TPSA) is 52.6 Å². The quantitative estimate of drug-likeness (QED) is 0.591. The molecule has 90 valence electrons. The molecule has 1 aromatic rings. The first-order valence-electron chi connectivity index (χ1n) is 5.21. The number of rotatable bonds is 4. The predicted octanol–water partition coefficient (Wildman–Crippen LogP) is 2.05. The van der Waals surface area contributed by atoms with Gasteiger partial charge < -0.3 is 9.47 Å². The molecule has 0 aliphatic rings. The monoisotopic (exact) mass is 234 g/mol. The molecule has 1 aromatic carbocycles. The van der Waals surface area contributed by atoms with Gasteiger partial charge in [-0.2, -0.15) is 0 Å². The maximum absolute atomic E-state index is 11.6. The van der Waals surface area contributed by atoms with Gasteiger partial charge >= 0.3 is 11.9 Å². The van der Waals surface area contributed by atoms with Crippen molar-refractivity contribution in [2.24, 2.45) is 0 Å². The van der Waals surface area contributed by atoms with E-state index in [0.717, 1.165) is 0 Å². The third kappa shape index (κ3) is 3.75. The number of ether oxygens (including phenoxy) is 2. The van der Waals surface area contributed by atoms with Crippen molar-refractivity contribution in [3.8, 4) is 0 Å². The first-order chi connectivity index (χ1) is 8.19. The van der Waals surface area contributed by atoms with E-state index < -0.39 is 11.9 Å². The molecule has 0 unspecified atom stereocenters. The van der Waals surface area contributed by atoms with Crippen LogP contribution in [0.3, 0.4) is 0 Å².